The smallest absolute Gasteiger partial charge is 0.414 e. The van der Waals surface area contributed by atoms with Crippen LogP contribution in [0.1, 0.15) is 42.6 Å². The molecule has 11 nitrogen and oxygen atoms in total. The van der Waals surface area contributed by atoms with E-state index in [1.54, 1.807) is 41.3 Å². The van der Waals surface area contributed by atoms with Gasteiger partial charge in [-0.05, 0) is 23.8 Å². The van der Waals surface area contributed by atoms with Crippen LogP contribution in [0.5, 0.6) is 0 Å². The van der Waals surface area contributed by atoms with Crippen molar-refractivity contribution >= 4 is 41.0 Å². The molecule has 0 bridgehead atoms. The van der Waals surface area contributed by atoms with Gasteiger partial charge in [-0.15, -0.1) is 0 Å². The van der Waals surface area contributed by atoms with Crippen LogP contribution in [0.3, 0.4) is 0 Å². The summed E-state index contributed by atoms with van der Waals surface area (Å²) in [4.78, 5) is 64.6. The molecule has 2 aliphatic heterocycles. The number of benzene rings is 2. The Hall–Kier alpha value is -4.48. The zero-order chi connectivity index (χ0) is 29.5. The molecule has 4 rings (SSSR count). The maximum absolute atomic E-state index is 15.1. The molecule has 0 spiro atoms. The molecule has 2 aliphatic rings. The molecule has 0 aliphatic carbocycles. The molecule has 2 heterocycles. The second-order valence-corrected chi connectivity index (χ2v) is 10.1. The Bertz CT molecular complexity index is 1310. The number of carbonyl (C=O) groups excluding carboxylic acids is 5. The fourth-order valence-electron chi connectivity index (χ4n) is 4.77. The summed E-state index contributed by atoms with van der Waals surface area (Å²) < 4.78 is 20.3. The Morgan fingerprint density at radius 1 is 0.927 bits per heavy atom. The fraction of sp³-hybridized carbons (Fsp3) is 0.414. The van der Waals surface area contributed by atoms with Gasteiger partial charge in [0.25, 0.3) is 0 Å². The third-order valence-electron chi connectivity index (χ3n) is 7.05. The number of cyclic esters (lactones) is 1. The van der Waals surface area contributed by atoms with Crippen LogP contribution in [0.15, 0.2) is 42.5 Å². The quantitative estimate of drug-likeness (QED) is 0.422. The van der Waals surface area contributed by atoms with E-state index in [1.807, 2.05) is 4.90 Å². The summed E-state index contributed by atoms with van der Waals surface area (Å²) in [7, 11) is 0. The first-order chi connectivity index (χ1) is 19.6. The number of ketones is 1. The van der Waals surface area contributed by atoms with Gasteiger partial charge in [-0.3, -0.25) is 24.1 Å². The zero-order valence-corrected chi connectivity index (χ0v) is 23.2. The predicted octanol–water partition coefficient (Wildman–Crippen LogP) is 2.23. The van der Waals surface area contributed by atoms with E-state index in [0.29, 0.717) is 49.7 Å². The number of hydrogen-bond donors (Lipinski definition) is 2. The Balaban J connectivity index is 1.24. The topological polar surface area (TPSA) is 128 Å². The van der Waals surface area contributed by atoms with Crippen molar-refractivity contribution in [2.45, 2.75) is 39.3 Å². The highest BCUT2D eigenvalue weighted by molar-refractivity contribution is 5.98. The van der Waals surface area contributed by atoms with Gasteiger partial charge in [0.15, 0.2) is 5.78 Å². The number of hydrogen-bond acceptors (Lipinski definition) is 7. The molecule has 2 aromatic carbocycles. The van der Waals surface area contributed by atoms with E-state index in [4.69, 9.17) is 4.74 Å². The maximum atomic E-state index is 15.1. The highest BCUT2D eigenvalue weighted by atomic mass is 19.1. The highest BCUT2D eigenvalue weighted by Gasteiger charge is 2.33. The maximum Gasteiger partial charge on any atom is 0.414 e. The number of piperazine rings is 1. The zero-order valence-electron chi connectivity index (χ0n) is 23.2. The number of Topliss-reactive ketones (excluding diaryl/α,β-unsaturated/α-hetero) is 1. The van der Waals surface area contributed by atoms with Crippen molar-refractivity contribution in [2.24, 2.45) is 0 Å². The molecule has 1 atom stereocenters. The summed E-state index contributed by atoms with van der Waals surface area (Å²) in [5.41, 5.74) is 2.13. The number of carbonyl (C=O) groups is 5. The molecule has 2 saturated heterocycles. The Kier molecular flexibility index (Phi) is 9.53. The Morgan fingerprint density at radius 3 is 2.24 bits per heavy atom. The van der Waals surface area contributed by atoms with E-state index < -0.39 is 18.0 Å². The molecule has 0 radical (unpaired) electrons. The largest absolute Gasteiger partial charge is 0.442 e. The number of ether oxygens (including phenoxy) is 1. The molecule has 218 valence electrons. The second-order valence-electron chi connectivity index (χ2n) is 10.1. The number of rotatable bonds is 10. The van der Waals surface area contributed by atoms with Gasteiger partial charge >= 0.3 is 6.09 Å². The van der Waals surface area contributed by atoms with Crippen molar-refractivity contribution in [3.8, 4) is 0 Å². The van der Waals surface area contributed by atoms with Crippen LogP contribution in [0.4, 0.5) is 20.6 Å². The van der Waals surface area contributed by atoms with Gasteiger partial charge in [0, 0.05) is 65.0 Å². The van der Waals surface area contributed by atoms with Crippen LogP contribution in [0.25, 0.3) is 0 Å². The number of anilines is 2. The molecule has 2 N–H and O–H groups in total. The molecular weight excluding hydrogens is 533 g/mol. The summed E-state index contributed by atoms with van der Waals surface area (Å²) in [5, 5.41) is 5.30. The lowest BCUT2D eigenvalue weighted by Crippen LogP contribution is -2.49. The van der Waals surface area contributed by atoms with E-state index in [-0.39, 0.29) is 49.4 Å². The number of nitrogens with zero attached hydrogens (tertiary/aromatic N) is 3. The third-order valence-corrected chi connectivity index (χ3v) is 7.05. The SMILES string of the molecule is CC(=O)NCc1ccc(C(=O)CCC(=O)N2CCN(c3ccc(N4CC(CNC(C)=O)OC4=O)cc3F)CC2)cc1. The van der Waals surface area contributed by atoms with E-state index in [0.717, 1.165) is 5.56 Å². The van der Waals surface area contributed by atoms with Crippen LogP contribution in [-0.4, -0.2) is 79.9 Å². The van der Waals surface area contributed by atoms with Gasteiger partial charge in [-0.2, -0.15) is 0 Å². The van der Waals surface area contributed by atoms with Crippen LogP contribution >= 0.6 is 0 Å². The summed E-state index contributed by atoms with van der Waals surface area (Å²) >= 11 is 0. The molecule has 4 amide bonds. The summed E-state index contributed by atoms with van der Waals surface area (Å²) in [6.45, 7) is 5.23. The number of nitrogens with one attached hydrogen (secondary N) is 2. The van der Waals surface area contributed by atoms with Crippen LogP contribution in [0.2, 0.25) is 0 Å². The van der Waals surface area contributed by atoms with Gasteiger partial charge in [-0.25, -0.2) is 9.18 Å². The molecular formula is C29H34FN5O6. The lowest BCUT2D eigenvalue weighted by atomic mass is 10.0. The summed E-state index contributed by atoms with van der Waals surface area (Å²) in [6, 6.07) is 11.5. The van der Waals surface area contributed by atoms with Crippen molar-refractivity contribution < 1.29 is 33.1 Å². The number of amides is 4. The van der Waals surface area contributed by atoms with Crippen molar-refractivity contribution in [3.05, 3.63) is 59.4 Å². The average Bonchev–Trinajstić information content (AvgIpc) is 3.34. The van der Waals surface area contributed by atoms with Crippen LogP contribution in [0, 0.1) is 5.82 Å². The molecule has 12 heteroatoms. The standard InChI is InChI=1S/C29H34FN5O6/c1-19(36)31-16-21-3-5-22(6-4-21)27(38)9-10-28(39)34-13-11-33(12-14-34)26-8-7-23(15-25(26)30)35-18-24(41-29(35)40)17-32-20(2)37/h3-8,15,24H,9-14,16-18H2,1-2H3,(H,31,36)(H,32,37). The average molecular weight is 568 g/mol. The van der Waals surface area contributed by atoms with Gasteiger partial charge < -0.3 is 25.2 Å². The first-order valence-electron chi connectivity index (χ1n) is 13.5. The van der Waals surface area contributed by atoms with Crippen LogP contribution in [-0.2, 0) is 25.7 Å². The lowest BCUT2D eigenvalue weighted by molar-refractivity contribution is -0.131. The molecule has 2 fully saturated rings. The van der Waals surface area contributed by atoms with Gasteiger partial charge in [0.2, 0.25) is 17.7 Å². The highest BCUT2D eigenvalue weighted by Crippen LogP contribution is 2.28. The minimum Gasteiger partial charge on any atom is -0.442 e. The van der Waals surface area contributed by atoms with Crippen molar-refractivity contribution in [2.75, 3.05) is 49.1 Å². The van der Waals surface area contributed by atoms with Crippen LogP contribution < -0.4 is 20.4 Å². The van der Waals surface area contributed by atoms with Crippen molar-refractivity contribution in [1.29, 1.82) is 0 Å². The lowest BCUT2D eigenvalue weighted by Gasteiger charge is -2.36. The Labute approximate surface area is 237 Å². The number of halogens is 1. The molecule has 2 aromatic rings. The van der Waals surface area contributed by atoms with E-state index >= 15 is 4.39 Å². The molecule has 0 saturated carbocycles. The third kappa shape index (κ3) is 7.80. The van der Waals surface area contributed by atoms with E-state index in [9.17, 15) is 24.0 Å². The first-order valence-corrected chi connectivity index (χ1v) is 13.5. The molecule has 1 unspecified atom stereocenters. The van der Waals surface area contributed by atoms with Gasteiger partial charge in [-0.1, -0.05) is 24.3 Å². The predicted molar refractivity (Wildman–Crippen MR) is 149 cm³/mol. The monoisotopic (exact) mass is 567 g/mol. The van der Waals surface area contributed by atoms with E-state index in [1.165, 1.54) is 24.8 Å². The molecule has 41 heavy (non-hydrogen) atoms. The van der Waals surface area contributed by atoms with Gasteiger partial charge in [0.05, 0.1) is 24.5 Å². The fourth-order valence-corrected chi connectivity index (χ4v) is 4.77. The summed E-state index contributed by atoms with van der Waals surface area (Å²) in [5.74, 6) is -1.11. The van der Waals surface area contributed by atoms with E-state index in [2.05, 4.69) is 10.6 Å². The van der Waals surface area contributed by atoms with Gasteiger partial charge in [0.1, 0.15) is 11.9 Å². The minimum atomic E-state index is -0.600. The minimum absolute atomic E-state index is 0.0877. The summed E-state index contributed by atoms with van der Waals surface area (Å²) in [6.07, 6.45) is -0.941. The normalized spacial score (nSPS) is 16.8. The van der Waals surface area contributed by atoms with Crippen molar-refractivity contribution in [1.82, 2.24) is 15.5 Å². The second kappa shape index (κ2) is 13.2. The Morgan fingerprint density at radius 2 is 1.61 bits per heavy atom. The molecule has 0 aromatic heterocycles. The van der Waals surface area contributed by atoms with Crippen molar-refractivity contribution in [3.63, 3.8) is 0 Å². The first kappa shape index (κ1) is 29.5.